The summed E-state index contributed by atoms with van der Waals surface area (Å²) in [5.41, 5.74) is 1.19. The Balaban J connectivity index is 2.27. The van der Waals surface area contributed by atoms with Crippen molar-refractivity contribution in [1.82, 2.24) is 15.0 Å². The van der Waals surface area contributed by atoms with Crippen LogP contribution in [0.5, 0.6) is 17.8 Å². The predicted molar refractivity (Wildman–Crippen MR) is 76.5 cm³/mol. The van der Waals surface area contributed by atoms with Crippen LogP contribution in [-0.4, -0.2) is 29.1 Å². The smallest absolute Gasteiger partial charge is 0.330 e. The summed E-state index contributed by atoms with van der Waals surface area (Å²) < 4.78 is 10.7. The first kappa shape index (κ1) is 14.0. The summed E-state index contributed by atoms with van der Waals surface area (Å²) in [6.45, 7) is 4.26. The van der Waals surface area contributed by atoms with Crippen molar-refractivity contribution >= 4 is 5.95 Å². The zero-order valence-electron chi connectivity index (χ0n) is 12.0. The second-order valence-electron chi connectivity index (χ2n) is 4.51. The Hall–Kier alpha value is -2.37. The fourth-order valence-electron chi connectivity index (χ4n) is 1.63. The first-order valence-corrected chi connectivity index (χ1v) is 6.38. The molecule has 2 rings (SSSR count). The van der Waals surface area contributed by atoms with Gasteiger partial charge in [0.1, 0.15) is 5.75 Å². The average Bonchev–Trinajstić information content (AvgIpc) is 2.47. The predicted octanol–water partition coefficient (Wildman–Crippen LogP) is 2.84. The van der Waals surface area contributed by atoms with Gasteiger partial charge in [0, 0.05) is 7.05 Å². The molecule has 0 saturated heterocycles. The van der Waals surface area contributed by atoms with Crippen molar-refractivity contribution < 1.29 is 9.47 Å². The van der Waals surface area contributed by atoms with Crippen LogP contribution in [0, 0.1) is 0 Å². The summed E-state index contributed by atoms with van der Waals surface area (Å²) >= 11 is 0. The second kappa shape index (κ2) is 6.18. The standard InChI is InChI=1S/C14H18N4O2/c1-9(2)10-6-5-7-11(8-10)20-14-17-12(15-3)16-13(18-14)19-4/h5-9H,1-4H3,(H,15,16,17,18). The van der Waals surface area contributed by atoms with Crippen molar-refractivity contribution in [3.8, 4) is 17.8 Å². The summed E-state index contributed by atoms with van der Waals surface area (Å²) in [5, 5.41) is 2.84. The lowest BCUT2D eigenvalue weighted by Crippen LogP contribution is -2.03. The molecule has 1 N–H and O–H groups in total. The van der Waals surface area contributed by atoms with Gasteiger partial charge in [-0.15, -0.1) is 4.98 Å². The van der Waals surface area contributed by atoms with Crippen molar-refractivity contribution in [2.75, 3.05) is 19.5 Å². The summed E-state index contributed by atoms with van der Waals surface area (Å²) in [6.07, 6.45) is 0. The van der Waals surface area contributed by atoms with Crippen molar-refractivity contribution in [1.29, 1.82) is 0 Å². The van der Waals surface area contributed by atoms with Gasteiger partial charge in [0.25, 0.3) is 0 Å². The highest BCUT2D eigenvalue weighted by molar-refractivity contribution is 5.33. The van der Waals surface area contributed by atoms with E-state index in [1.54, 1.807) is 7.05 Å². The Morgan fingerprint density at radius 1 is 1.10 bits per heavy atom. The van der Waals surface area contributed by atoms with E-state index in [2.05, 4.69) is 40.2 Å². The average molecular weight is 274 g/mol. The first-order valence-electron chi connectivity index (χ1n) is 6.38. The van der Waals surface area contributed by atoms with E-state index in [9.17, 15) is 0 Å². The lowest BCUT2D eigenvalue weighted by Gasteiger charge is -2.09. The van der Waals surface area contributed by atoms with Crippen molar-refractivity contribution in [3.63, 3.8) is 0 Å². The number of hydrogen-bond donors (Lipinski definition) is 1. The number of aromatic nitrogens is 3. The molecule has 0 amide bonds. The van der Waals surface area contributed by atoms with Crippen LogP contribution >= 0.6 is 0 Å². The zero-order valence-corrected chi connectivity index (χ0v) is 12.0. The van der Waals surface area contributed by atoms with Gasteiger partial charge in [0.2, 0.25) is 5.95 Å². The van der Waals surface area contributed by atoms with Gasteiger partial charge in [-0.05, 0) is 23.6 Å². The van der Waals surface area contributed by atoms with Gasteiger partial charge in [0.05, 0.1) is 7.11 Å². The maximum atomic E-state index is 5.67. The van der Waals surface area contributed by atoms with E-state index in [0.717, 1.165) is 0 Å². The fourth-order valence-corrected chi connectivity index (χ4v) is 1.63. The quantitative estimate of drug-likeness (QED) is 0.904. The molecule has 20 heavy (non-hydrogen) atoms. The Morgan fingerprint density at radius 2 is 1.85 bits per heavy atom. The number of nitrogens with one attached hydrogen (secondary N) is 1. The van der Waals surface area contributed by atoms with Crippen LogP contribution in [0.4, 0.5) is 5.95 Å². The number of methoxy groups -OCH3 is 1. The third-order valence-corrected chi connectivity index (χ3v) is 2.73. The maximum Gasteiger partial charge on any atom is 0.330 e. The van der Waals surface area contributed by atoms with Gasteiger partial charge >= 0.3 is 12.0 Å². The minimum atomic E-state index is 0.196. The Morgan fingerprint density at radius 3 is 2.50 bits per heavy atom. The molecule has 0 atom stereocenters. The molecule has 0 fully saturated rings. The first-order chi connectivity index (χ1) is 9.62. The molecule has 0 spiro atoms. The molecule has 0 aliphatic carbocycles. The Bertz CT molecular complexity index is 565. The monoisotopic (exact) mass is 274 g/mol. The molecule has 0 saturated carbocycles. The molecular weight excluding hydrogens is 256 g/mol. The minimum absolute atomic E-state index is 0.196. The maximum absolute atomic E-state index is 5.67. The summed E-state index contributed by atoms with van der Waals surface area (Å²) in [5.74, 6) is 1.51. The van der Waals surface area contributed by atoms with Crippen LogP contribution in [-0.2, 0) is 0 Å². The van der Waals surface area contributed by atoms with Crippen molar-refractivity contribution in [3.05, 3.63) is 29.8 Å². The van der Waals surface area contributed by atoms with Crippen LogP contribution in [0.2, 0.25) is 0 Å². The number of hydrogen-bond acceptors (Lipinski definition) is 6. The second-order valence-corrected chi connectivity index (χ2v) is 4.51. The van der Waals surface area contributed by atoms with E-state index in [-0.39, 0.29) is 12.0 Å². The normalized spacial score (nSPS) is 10.4. The van der Waals surface area contributed by atoms with Gasteiger partial charge < -0.3 is 14.8 Å². The molecule has 1 aromatic carbocycles. The summed E-state index contributed by atoms with van der Waals surface area (Å²) in [7, 11) is 3.22. The third kappa shape index (κ3) is 3.34. The van der Waals surface area contributed by atoms with E-state index < -0.39 is 0 Å². The Kier molecular flexibility index (Phi) is 4.34. The Labute approximate surface area is 118 Å². The number of nitrogens with zero attached hydrogens (tertiary/aromatic N) is 3. The molecule has 0 radical (unpaired) electrons. The molecule has 0 bridgehead atoms. The van der Waals surface area contributed by atoms with Gasteiger partial charge in [-0.1, -0.05) is 26.0 Å². The molecule has 106 valence electrons. The number of benzene rings is 1. The molecule has 6 nitrogen and oxygen atoms in total. The number of anilines is 1. The molecule has 0 aliphatic heterocycles. The zero-order chi connectivity index (χ0) is 14.5. The van der Waals surface area contributed by atoms with Gasteiger partial charge in [-0.2, -0.15) is 9.97 Å². The van der Waals surface area contributed by atoms with Gasteiger partial charge in [-0.25, -0.2) is 0 Å². The lowest BCUT2D eigenvalue weighted by atomic mass is 10.0. The summed E-state index contributed by atoms with van der Waals surface area (Å²) in [6, 6.07) is 8.25. The lowest BCUT2D eigenvalue weighted by molar-refractivity contribution is 0.360. The highest BCUT2D eigenvalue weighted by Gasteiger charge is 2.09. The van der Waals surface area contributed by atoms with Crippen molar-refractivity contribution in [2.24, 2.45) is 0 Å². The summed E-state index contributed by atoms with van der Waals surface area (Å²) in [4.78, 5) is 12.2. The largest absolute Gasteiger partial charge is 0.467 e. The molecular formula is C14H18N4O2. The molecule has 0 unspecified atom stereocenters. The fraction of sp³-hybridized carbons (Fsp3) is 0.357. The van der Waals surface area contributed by atoms with E-state index in [1.807, 2.05) is 18.2 Å². The third-order valence-electron chi connectivity index (χ3n) is 2.73. The van der Waals surface area contributed by atoms with Crippen LogP contribution in [0.25, 0.3) is 0 Å². The highest BCUT2D eigenvalue weighted by Crippen LogP contribution is 2.24. The van der Waals surface area contributed by atoms with E-state index >= 15 is 0 Å². The highest BCUT2D eigenvalue weighted by atomic mass is 16.5. The number of rotatable bonds is 5. The van der Waals surface area contributed by atoms with Crippen LogP contribution in [0.1, 0.15) is 25.3 Å². The van der Waals surface area contributed by atoms with Crippen LogP contribution < -0.4 is 14.8 Å². The molecule has 1 heterocycles. The van der Waals surface area contributed by atoms with Crippen LogP contribution in [0.15, 0.2) is 24.3 Å². The van der Waals surface area contributed by atoms with Gasteiger partial charge in [-0.3, -0.25) is 0 Å². The van der Waals surface area contributed by atoms with E-state index in [0.29, 0.717) is 17.6 Å². The SMILES string of the molecule is CNc1nc(OC)nc(Oc2cccc(C(C)C)c2)n1. The minimum Gasteiger partial charge on any atom is -0.467 e. The number of ether oxygens (including phenoxy) is 2. The van der Waals surface area contributed by atoms with Gasteiger partial charge in [0.15, 0.2) is 0 Å². The molecule has 2 aromatic rings. The molecule has 0 aliphatic rings. The van der Waals surface area contributed by atoms with E-state index in [1.165, 1.54) is 12.7 Å². The topological polar surface area (TPSA) is 69.2 Å². The molecule has 6 heteroatoms. The van der Waals surface area contributed by atoms with Crippen molar-refractivity contribution in [2.45, 2.75) is 19.8 Å². The molecule has 1 aromatic heterocycles. The van der Waals surface area contributed by atoms with Crippen LogP contribution in [0.3, 0.4) is 0 Å². The van der Waals surface area contributed by atoms with E-state index in [4.69, 9.17) is 9.47 Å².